The monoisotopic (exact) mass is 374 g/mol. The van der Waals surface area contributed by atoms with Crippen LogP contribution in [0.2, 0.25) is 0 Å². The van der Waals surface area contributed by atoms with Crippen molar-refractivity contribution in [2.75, 3.05) is 58.4 Å². The minimum atomic E-state index is -0.147. The van der Waals surface area contributed by atoms with E-state index in [1.54, 1.807) is 0 Å². The largest absolute Gasteiger partial charge is 0.454 e. The highest BCUT2D eigenvalue weighted by Gasteiger charge is 2.30. The molecule has 3 aliphatic heterocycles. The second-order valence-corrected chi connectivity index (χ2v) is 7.86. The second-order valence-electron chi connectivity index (χ2n) is 7.86. The zero-order valence-corrected chi connectivity index (χ0v) is 16.3. The highest BCUT2D eigenvalue weighted by Crippen LogP contribution is 2.34. The van der Waals surface area contributed by atoms with Crippen LogP contribution in [0.4, 0.5) is 5.69 Å². The number of piperidine rings is 1. The number of likely N-dealkylation sites (tertiary alicyclic amines) is 1. The van der Waals surface area contributed by atoms with E-state index < -0.39 is 0 Å². The summed E-state index contributed by atoms with van der Waals surface area (Å²) in [5.74, 6) is 1.44. The number of rotatable bonds is 4. The molecule has 2 saturated heterocycles. The average molecular weight is 374 g/mol. The Morgan fingerprint density at radius 2 is 1.93 bits per heavy atom. The maximum atomic E-state index is 12.7. The van der Waals surface area contributed by atoms with E-state index in [4.69, 9.17) is 9.47 Å². The Labute approximate surface area is 161 Å². The molecule has 2 atom stereocenters. The molecule has 3 aliphatic rings. The van der Waals surface area contributed by atoms with Gasteiger partial charge in [0.15, 0.2) is 11.5 Å². The van der Waals surface area contributed by atoms with Crippen LogP contribution in [0.25, 0.3) is 0 Å². The van der Waals surface area contributed by atoms with E-state index in [-0.39, 0.29) is 18.7 Å². The van der Waals surface area contributed by atoms with Crippen LogP contribution in [0.1, 0.15) is 19.8 Å². The van der Waals surface area contributed by atoms with E-state index in [1.807, 2.05) is 25.1 Å². The number of ether oxygens (including phenoxy) is 2. The van der Waals surface area contributed by atoms with Crippen molar-refractivity contribution in [3.8, 4) is 11.5 Å². The van der Waals surface area contributed by atoms with Gasteiger partial charge in [-0.2, -0.15) is 0 Å². The van der Waals surface area contributed by atoms with Crippen LogP contribution in [-0.2, 0) is 4.79 Å². The fourth-order valence-electron chi connectivity index (χ4n) is 4.31. The lowest BCUT2D eigenvalue weighted by Gasteiger charge is -2.43. The first-order valence-electron chi connectivity index (χ1n) is 9.97. The first kappa shape index (κ1) is 18.5. The number of nitrogens with zero attached hydrogens (tertiary/aromatic N) is 3. The van der Waals surface area contributed by atoms with Gasteiger partial charge < -0.3 is 19.7 Å². The number of hydrogen-bond acceptors (Lipinski definition) is 6. The third kappa shape index (κ3) is 4.20. The number of hydrogen-bond donors (Lipinski definition) is 1. The predicted octanol–water partition coefficient (Wildman–Crippen LogP) is 1.45. The molecular weight excluding hydrogens is 344 g/mol. The van der Waals surface area contributed by atoms with Gasteiger partial charge in [0.25, 0.3) is 0 Å². The van der Waals surface area contributed by atoms with Gasteiger partial charge in [-0.3, -0.25) is 14.6 Å². The number of benzene rings is 1. The van der Waals surface area contributed by atoms with Crippen molar-refractivity contribution in [3.63, 3.8) is 0 Å². The molecule has 0 saturated carbocycles. The lowest BCUT2D eigenvalue weighted by molar-refractivity contribution is -0.121. The first-order chi connectivity index (χ1) is 13.1. The molecule has 1 aromatic carbocycles. The zero-order valence-electron chi connectivity index (χ0n) is 16.3. The summed E-state index contributed by atoms with van der Waals surface area (Å²) >= 11 is 0. The summed E-state index contributed by atoms with van der Waals surface area (Å²) in [7, 11) is 2.21. The van der Waals surface area contributed by atoms with E-state index in [0.717, 1.165) is 37.6 Å². The van der Waals surface area contributed by atoms with E-state index >= 15 is 0 Å². The van der Waals surface area contributed by atoms with Crippen LogP contribution in [-0.4, -0.2) is 85.8 Å². The molecule has 7 heteroatoms. The van der Waals surface area contributed by atoms with Gasteiger partial charge in [-0.15, -0.1) is 0 Å². The molecule has 0 aromatic heterocycles. The Balaban J connectivity index is 1.28. The molecule has 4 rings (SSSR count). The SMILES string of the molecule is CC(C(=O)Nc1ccc2c(c1)OCO2)N1CCN(C2CCCN(C)C2)CC1. The van der Waals surface area contributed by atoms with E-state index in [0.29, 0.717) is 11.8 Å². The van der Waals surface area contributed by atoms with Crippen molar-refractivity contribution in [2.24, 2.45) is 0 Å². The van der Waals surface area contributed by atoms with Gasteiger partial charge in [0.2, 0.25) is 12.7 Å². The molecule has 1 aromatic rings. The van der Waals surface area contributed by atoms with Gasteiger partial charge in [-0.05, 0) is 45.5 Å². The summed E-state index contributed by atoms with van der Waals surface area (Å²) in [6.07, 6.45) is 2.58. The molecule has 2 unspecified atom stereocenters. The molecule has 7 nitrogen and oxygen atoms in total. The number of likely N-dealkylation sites (N-methyl/N-ethyl adjacent to an activating group) is 1. The summed E-state index contributed by atoms with van der Waals surface area (Å²) in [5.41, 5.74) is 0.750. The summed E-state index contributed by atoms with van der Waals surface area (Å²) in [6.45, 7) is 8.58. The normalized spacial score (nSPS) is 25.3. The highest BCUT2D eigenvalue weighted by atomic mass is 16.7. The molecule has 0 aliphatic carbocycles. The molecular formula is C20H30N4O3. The average Bonchev–Trinajstić information content (AvgIpc) is 3.15. The summed E-state index contributed by atoms with van der Waals surface area (Å²) in [4.78, 5) is 20.0. The predicted molar refractivity (Wildman–Crippen MR) is 104 cm³/mol. The van der Waals surface area contributed by atoms with Crippen molar-refractivity contribution >= 4 is 11.6 Å². The second kappa shape index (κ2) is 8.04. The first-order valence-corrected chi connectivity index (χ1v) is 9.97. The van der Waals surface area contributed by atoms with Gasteiger partial charge in [0.05, 0.1) is 6.04 Å². The number of nitrogens with one attached hydrogen (secondary N) is 1. The van der Waals surface area contributed by atoms with Crippen LogP contribution in [0.5, 0.6) is 11.5 Å². The number of fused-ring (bicyclic) bond motifs is 1. The molecule has 2 fully saturated rings. The third-order valence-corrected chi connectivity index (χ3v) is 6.03. The summed E-state index contributed by atoms with van der Waals surface area (Å²) < 4.78 is 10.7. The highest BCUT2D eigenvalue weighted by molar-refractivity contribution is 5.94. The van der Waals surface area contributed by atoms with E-state index in [1.165, 1.54) is 25.9 Å². The zero-order chi connectivity index (χ0) is 18.8. The number of amides is 1. The molecule has 1 N–H and O–H groups in total. The maximum absolute atomic E-state index is 12.7. The van der Waals surface area contributed by atoms with Crippen LogP contribution >= 0.6 is 0 Å². The minimum Gasteiger partial charge on any atom is -0.454 e. The fraction of sp³-hybridized carbons (Fsp3) is 0.650. The van der Waals surface area contributed by atoms with Crippen LogP contribution < -0.4 is 14.8 Å². The van der Waals surface area contributed by atoms with Gasteiger partial charge >= 0.3 is 0 Å². The molecule has 0 radical (unpaired) electrons. The number of piperazine rings is 1. The smallest absolute Gasteiger partial charge is 0.241 e. The van der Waals surface area contributed by atoms with Crippen LogP contribution in [0.15, 0.2) is 18.2 Å². The summed E-state index contributed by atoms with van der Waals surface area (Å²) in [5, 5.41) is 3.01. The van der Waals surface area contributed by atoms with Crippen molar-refractivity contribution in [1.82, 2.24) is 14.7 Å². The lowest BCUT2D eigenvalue weighted by atomic mass is 10.0. The van der Waals surface area contributed by atoms with Crippen molar-refractivity contribution in [3.05, 3.63) is 18.2 Å². The standard InChI is InChI=1S/C20H30N4O3/c1-15(20(25)21-16-5-6-18-19(12-16)27-14-26-18)23-8-10-24(11-9-23)17-4-3-7-22(2)13-17/h5-6,12,15,17H,3-4,7-11,13-14H2,1-2H3,(H,21,25). The van der Waals surface area contributed by atoms with Gasteiger partial charge in [-0.25, -0.2) is 0 Å². The fourth-order valence-corrected chi connectivity index (χ4v) is 4.31. The molecule has 3 heterocycles. The Morgan fingerprint density at radius 3 is 2.70 bits per heavy atom. The quantitative estimate of drug-likeness (QED) is 0.861. The molecule has 0 spiro atoms. The molecule has 27 heavy (non-hydrogen) atoms. The maximum Gasteiger partial charge on any atom is 0.241 e. The summed E-state index contributed by atoms with van der Waals surface area (Å²) in [6, 6.07) is 6.04. The van der Waals surface area contributed by atoms with Gasteiger partial charge in [0, 0.05) is 50.5 Å². The topological polar surface area (TPSA) is 57.3 Å². The van der Waals surface area contributed by atoms with E-state index in [2.05, 4.69) is 27.1 Å². The van der Waals surface area contributed by atoms with Gasteiger partial charge in [0.1, 0.15) is 0 Å². The van der Waals surface area contributed by atoms with E-state index in [9.17, 15) is 4.79 Å². The molecule has 1 amide bonds. The molecule has 0 bridgehead atoms. The number of carbonyl (C=O) groups excluding carboxylic acids is 1. The minimum absolute atomic E-state index is 0.0275. The number of carbonyl (C=O) groups is 1. The van der Waals surface area contributed by atoms with Crippen molar-refractivity contribution < 1.29 is 14.3 Å². The third-order valence-electron chi connectivity index (χ3n) is 6.03. The Bertz CT molecular complexity index is 675. The Kier molecular flexibility index (Phi) is 5.52. The van der Waals surface area contributed by atoms with Crippen LogP contribution in [0.3, 0.4) is 0 Å². The van der Waals surface area contributed by atoms with Gasteiger partial charge in [-0.1, -0.05) is 0 Å². The van der Waals surface area contributed by atoms with Crippen LogP contribution in [0, 0.1) is 0 Å². The Hall–Kier alpha value is -1.83. The lowest BCUT2D eigenvalue weighted by Crippen LogP contribution is -2.57. The number of anilines is 1. The Morgan fingerprint density at radius 1 is 1.15 bits per heavy atom. The molecule has 148 valence electrons. The van der Waals surface area contributed by atoms with Crippen molar-refractivity contribution in [1.29, 1.82) is 0 Å². The van der Waals surface area contributed by atoms with Crippen molar-refractivity contribution in [2.45, 2.75) is 31.8 Å².